The van der Waals surface area contributed by atoms with Crippen molar-refractivity contribution >= 4 is 22.3 Å². The number of likely N-dealkylation sites (N-methyl/N-ethyl adjacent to an activating group) is 1. The van der Waals surface area contributed by atoms with Crippen molar-refractivity contribution in [3.8, 4) is 0 Å². The first kappa shape index (κ1) is 14.5. The monoisotopic (exact) mass is 296 g/mol. The largest absolute Gasteiger partial charge is 0.459 e. The SMILES string of the molecule is CN(CCO)c1ccc(NCc2cc3ccccc3o2)cc1. The Morgan fingerprint density at radius 2 is 1.86 bits per heavy atom. The van der Waals surface area contributed by atoms with E-state index in [0.29, 0.717) is 13.1 Å². The number of hydrogen-bond acceptors (Lipinski definition) is 4. The summed E-state index contributed by atoms with van der Waals surface area (Å²) in [4.78, 5) is 2.02. The summed E-state index contributed by atoms with van der Waals surface area (Å²) in [5.41, 5.74) is 3.05. The molecule has 0 unspecified atom stereocenters. The number of aliphatic hydroxyl groups is 1. The topological polar surface area (TPSA) is 48.6 Å². The van der Waals surface area contributed by atoms with E-state index in [9.17, 15) is 0 Å². The van der Waals surface area contributed by atoms with Gasteiger partial charge in [-0.1, -0.05) is 18.2 Å². The molecule has 114 valence electrons. The minimum atomic E-state index is 0.155. The molecule has 1 aromatic heterocycles. The molecule has 0 aliphatic carbocycles. The third-order valence-corrected chi connectivity index (χ3v) is 3.69. The maximum atomic E-state index is 8.96. The first-order valence-electron chi connectivity index (χ1n) is 7.39. The summed E-state index contributed by atoms with van der Waals surface area (Å²) >= 11 is 0. The molecule has 0 radical (unpaired) electrons. The summed E-state index contributed by atoms with van der Waals surface area (Å²) < 4.78 is 5.79. The van der Waals surface area contributed by atoms with Gasteiger partial charge in [-0.05, 0) is 36.4 Å². The van der Waals surface area contributed by atoms with Gasteiger partial charge in [-0.25, -0.2) is 0 Å². The van der Waals surface area contributed by atoms with E-state index >= 15 is 0 Å². The Bertz CT molecular complexity index is 701. The molecule has 3 aromatic rings. The van der Waals surface area contributed by atoms with E-state index < -0.39 is 0 Å². The van der Waals surface area contributed by atoms with Gasteiger partial charge in [0.15, 0.2) is 0 Å². The first-order valence-corrected chi connectivity index (χ1v) is 7.39. The van der Waals surface area contributed by atoms with Gasteiger partial charge in [-0.15, -0.1) is 0 Å². The minimum Gasteiger partial charge on any atom is -0.459 e. The highest BCUT2D eigenvalue weighted by molar-refractivity contribution is 5.77. The van der Waals surface area contributed by atoms with E-state index in [0.717, 1.165) is 28.1 Å². The standard InChI is InChI=1S/C18H20N2O2/c1-20(10-11-21)16-8-6-15(7-9-16)19-13-17-12-14-4-2-3-5-18(14)22-17/h2-9,12,19,21H,10-11,13H2,1H3. The molecule has 0 amide bonds. The second kappa shape index (κ2) is 6.54. The number of aliphatic hydroxyl groups excluding tert-OH is 1. The van der Waals surface area contributed by atoms with Gasteiger partial charge in [-0.3, -0.25) is 0 Å². The number of nitrogens with one attached hydrogen (secondary N) is 1. The van der Waals surface area contributed by atoms with Gasteiger partial charge >= 0.3 is 0 Å². The first-order chi connectivity index (χ1) is 10.8. The van der Waals surface area contributed by atoms with Crippen LogP contribution in [0.25, 0.3) is 11.0 Å². The van der Waals surface area contributed by atoms with Gasteiger partial charge in [0.05, 0.1) is 13.2 Å². The molecular formula is C18H20N2O2. The van der Waals surface area contributed by atoms with Crippen LogP contribution in [0.1, 0.15) is 5.76 Å². The molecule has 22 heavy (non-hydrogen) atoms. The Labute approximate surface area is 130 Å². The van der Waals surface area contributed by atoms with Gasteiger partial charge < -0.3 is 19.7 Å². The van der Waals surface area contributed by atoms with Gasteiger partial charge in [0.1, 0.15) is 11.3 Å². The lowest BCUT2D eigenvalue weighted by atomic mass is 10.2. The van der Waals surface area contributed by atoms with Crippen molar-refractivity contribution in [3.63, 3.8) is 0 Å². The summed E-state index contributed by atoms with van der Waals surface area (Å²) in [5, 5.41) is 13.4. The summed E-state index contributed by atoms with van der Waals surface area (Å²) in [6.45, 7) is 1.44. The number of anilines is 2. The van der Waals surface area contributed by atoms with Gasteiger partial charge in [0.25, 0.3) is 0 Å². The number of furan rings is 1. The second-order valence-electron chi connectivity index (χ2n) is 5.30. The highest BCUT2D eigenvalue weighted by Gasteiger charge is 2.03. The smallest absolute Gasteiger partial charge is 0.134 e. The molecule has 0 saturated carbocycles. The lowest BCUT2D eigenvalue weighted by molar-refractivity contribution is 0.304. The third kappa shape index (κ3) is 3.23. The molecule has 2 aromatic carbocycles. The maximum absolute atomic E-state index is 8.96. The fraction of sp³-hybridized carbons (Fsp3) is 0.222. The Morgan fingerprint density at radius 1 is 1.09 bits per heavy atom. The Hall–Kier alpha value is -2.46. The van der Waals surface area contributed by atoms with Crippen molar-refractivity contribution in [2.24, 2.45) is 0 Å². The summed E-state index contributed by atoms with van der Waals surface area (Å²) in [6, 6.07) is 18.2. The fourth-order valence-corrected chi connectivity index (χ4v) is 2.43. The van der Waals surface area contributed by atoms with Gasteiger partial charge in [0.2, 0.25) is 0 Å². The van der Waals surface area contributed by atoms with Crippen LogP contribution in [0.2, 0.25) is 0 Å². The van der Waals surface area contributed by atoms with Crippen LogP contribution in [-0.2, 0) is 6.54 Å². The van der Waals surface area contributed by atoms with Crippen LogP contribution in [0.3, 0.4) is 0 Å². The van der Waals surface area contributed by atoms with E-state index in [4.69, 9.17) is 9.52 Å². The van der Waals surface area contributed by atoms with E-state index in [-0.39, 0.29) is 6.61 Å². The number of benzene rings is 2. The normalized spacial score (nSPS) is 10.8. The highest BCUT2D eigenvalue weighted by Crippen LogP contribution is 2.21. The second-order valence-corrected chi connectivity index (χ2v) is 5.30. The van der Waals surface area contributed by atoms with E-state index in [1.807, 2.05) is 60.5 Å². The van der Waals surface area contributed by atoms with Crippen LogP contribution in [0.4, 0.5) is 11.4 Å². The van der Waals surface area contributed by atoms with Crippen LogP contribution in [-0.4, -0.2) is 25.3 Å². The number of para-hydroxylation sites is 1. The molecule has 0 bridgehead atoms. The lowest BCUT2D eigenvalue weighted by Gasteiger charge is -2.18. The Balaban J connectivity index is 1.63. The lowest BCUT2D eigenvalue weighted by Crippen LogP contribution is -2.20. The van der Waals surface area contributed by atoms with E-state index in [2.05, 4.69) is 11.4 Å². The van der Waals surface area contributed by atoms with E-state index in [1.54, 1.807) is 0 Å². The Morgan fingerprint density at radius 3 is 2.59 bits per heavy atom. The predicted molar refractivity (Wildman–Crippen MR) is 90.3 cm³/mol. The maximum Gasteiger partial charge on any atom is 0.134 e. The summed E-state index contributed by atoms with van der Waals surface area (Å²) in [5.74, 6) is 0.919. The molecule has 4 heteroatoms. The molecule has 3 rings (SSSR count). The quantitative estimate of drug-likeness (QED) is 0.731. The molecule has 0 spiro atoms. The zero-order valence-electron chi connectivity index (χ0n) is 12.6. The number of fused-ring (bicyclic) bond motifs is 1. The van der Waals surface area contributed by atoms with Crippen molar-refractivity contribution in [2.45, 2.75) is 6.54 Å². The van der Waals surface area contributed by atoms with Crippen molar-refractivity contribution in [1.82, 2.24) is 0 Å². The van der Waals surface area contributed by atoms with Crippen molar-refractivity contribution < 1.29 is 9.52 Å². The molecule has 0 atom stereocenters. The molecular weight excluding hydrogens is 276 g/mol. The fourth-order valence-electron chi connectivity index (χ4n) is 2.43. The number of rotatable bonds is 6. The highest BCUT2D eigenvalue weighted by atomic mass is 16.3. The third-order valence-electron chi connectivity index (χ3n) is 3.69. The van der Waals surface area contributed by atoms with E-state index in [1.165, 1.54) is 0 Å². The van der Waals surface area contributed by atoms with Crippen molar-refractivity contribution in [1.29, 1.82) is 0 Å². The van der Waals surface area contributed by atoms with Gasteiger partial charge in [0, 0.05) is 30.4 Å². The molecule has 0 fully saturated rings. The van der Waals surface area contributed by atoms with Crippen molar-refractivity contribution in [3.05, 3.63) is 60.4 Å². The average Bonchev–Trinajstić information content (AvgIpc) is 2.96. The molecule has 4 nitrogen and oxygen atoms in total. The minimum absolute atomic E-state index is 0.155. The average molecular weight is 296 g/mol. The Kier molecular flexibility index (Phi) is 4.30. The molecule has 0 aliphatic heterocycles. The van der Waals surface area contributed by atoms with Crippen LogP contribution < -0.4 is 10.2 Å². The molecule has 1 heterocycles. The van der Waals surface area contributed by atoms with Crippen LogP contribution >= 0.6 is 0 Å². The van der Waals surface area contributed by atoms with Crippen molar-refractivity contribution in [2.75, 3.05) is 30.4 Å². The predicted octanol–water partition coefficient (Wildman–Crippen LogP) is 3.47. The van der Waals surface area contributed by atoms with Crippen LogP contribution in [0, 0.1) is 0 Å². The van der Waals surface area contributed by atoms with Crippen LogP contribution in [0.15, 0.2) is 59.0 Å². The molecule has 0 saturated heterocycles. The summed E-state index contributed by atoms with van der Waals surface area (Å²) in [7, 11) is 1.97. The number of hydrogen-bond donors (Lipinski definition) is 2. The summed E-state index contributed by atoms with van der Waals surface area (Å²) in [6.07, 6.45) is 0. The van der Waals surface area contributed by atoms with Gasteiger partial charge in [-0.2, -0.15) is 0 Å². The number of nitrogens with zero attached hydrogens (tertiary/aromatic N) is 1. The zero-order valence-corrected chi connectivity index (χ0v) is 12.6. The molecule has 2 N–H and O–H groups in total. The van der Waals surface area contributed by atoms with Crippen LogP contribution in [0.5, 0.6) is 0 Å². The molecule has 0 aliphatic rings. The zero-order chi connectivity index (χ0) is 15.4.